The number of benzene rings is 1. The Labute approximate surface area is 182 Å². The molecule has 4 rings (SSSR count). The molecule has 1 atom stereocenters. The Balaban J connectivity index is 1.49. The summed E-state index contributed by atoms with van der Waals surface area (Å²) in [6.45, 7) is 7.70. The van der Waals surface area contributed by atoms with Gasteiger partial charge in [-0.3, -0.25) is 4.79 Å². The third kappa shape index (κ3) is 5.24. The predicted octanol–water partition coefficient (Wildman–Crippen LogP) is 3.57. The molecular weight excluding hydrogens is 394 g/mol. The van der Waals surface area contributed by atoms with E-state index in [2.05, 4.69) is 20.7 Å². The number of nitrogens with zero attached hydrogens (tertiary/aromatic N) is 3. The molecule has 1 unspecified atom stereocenters. The van der Waals surface area contributed by atoms with E-state index in [0.29, 0.717) is 11.8 Å². The average Bonchev–Trinajstić information content (AvgIpc) is 3.63. The molecule has 2 aliphatic rings. The standard InChI is InChI=1S/C23H31N5O3/c1-22(2,3)31-21(30)24-14-23(4,16-12-13-16)26-20(29)18-25-19(15-10-11-15)28(27-18)17-8-6-5-7-9-17/h5-9,15-16H,10-14H2,1-4H3,(H,24,30)(H,26,29). The Kier molecular flexibility index (Phi) is 5.49. The summed E-state index contributed by atoms with van der Waals surface area (Å²) in [5.41, 5.74) is -0.268. The molecule has 166 valence electrons. The Hall–Kier alpha value is -2.90. The zero-order chi connectivity index (χ0) is 22.2. The Bertz CT molecular complexity index is 957. The van der Waals surface area contributed by atoms with Crippen LogP contribution in [0.25, 0.3) is 5.69 Å². The largest absolute Gasteiger partial charge is 0.444 e. The van der Waals surface area contributed by atoms with E-state index in [0.717, 1.165) is 37.2 Å². The minimum Gasteiger partial charge on any atom is -0.444 e. The maximum Gasteiger partial charge on any atom is 0.407 e. The average molecular weight is 426 g/mol. The van der Waals surface area contributed by atoms with E-state index in [1.165, 1.54) is 0 Å². The summed E-state index contributed by atoms with van der Waals surface area (Å²) < 4.78 is 7.11. The van der Waals surface area contributed by atoms with Crippen molar-refractivity contribution >= 4 is 12.0 Å². The smallest absolute Gasteiger partial charge is 0.407 e. The van der Waals surface area contributed by atoms with Crippen molar-refractivity contribution in [1.29, 1.82) is 0 Å². The van der Waals surface area contributed by atoms with Gasteiger partial charge in [-0.15, -0.1) is 5.10 Å². The number of hydrogen-bond donors (Lipinski definition) is 2. The Morgan fingerprint density at radius 3 is 2.35 bits per heavy atom. The fourth-order valence-corrected chi connectivity index (χ4v) is 3.68. The minimum atomic E-state index is -0.591. The molecule has 0 spiro atoms. The highest BCUT2D eigenvalue weighted by Gasteiger charge is 2.44. The van der Waals surface area contributed by atoms with Gasteiger partial charge in [0.15, 0.2) is 0 Å². The third-order valence-corrected chi connectivity index (χ3v) is 5.65. The fraction of sp³-hybridized carbons (Fsp3) is 0.565. The van der Waals surface area contributed by atoms with Crippen LogP contribution in [0.3, 0.4) is 0 Å². The monoisotopic (exact) mass is 425 g/mol. The van der Waals surface area contributed by atoms with Crippen LogP contribution in [0, 0.1) is 5.92 Å². The molecule has 2 N–H and O–H groups in total. The normalized spacial score (nSPS) is 18.2. The quantitative estimate of drug-likeness (QED) is 0.707. The maximum atomic E-state index is 13.1. The van der Waals surface area contributed by atoms with Crippen LogP contribution in [-0.2, 0) is 4.74 Å². The molecule has 2 fully saturated rings. The van der Waals surface area contributed by atoms with Crippen molar-refractivity contribution in [3.63, 3.8) is 0 Å². The van der Waals surface area contributed by atoms with Crippen molar-refractivity contribution in [1.82, 2.24) is 25.4 Å². The lowest BCUT2D eigenvalue weighted by molar-refractivity contribution is 0.0502. The van der Waals surface area contributed by atoms with Crippen molar-refractivity contribution < 1.29 is 14.3 Å². The first-order valence-corrected chi connectivity index (χ1v) is 11.0. The number of ether oxygens (including phenoxy) is 1. The number of para-hydroxylation sites is 1. The molecular formula is C23H31N5O3. The second kappa shape index (κ2) is 7.98. The van der Waals surface area contributed by atoms with Gasteiger partial charge in [0.05, 0.1) is 11.2 Å². The number of amides is 2. The first kappa shape index (κ1) is 21.3. The van der Waals surface area contributed by atoms with Crippen molar-refractivity contribution in [3.05, 3.63) is 42.0 Å². The van der Waals surface area contributed by atoms with Gasteiger partial charge >= 0.3 is 6.09 Å². The molecule has 8 heteroatoms. The van der Waals surface area contributed by atoms with Crippen LogP contribution in [0.1, 0.15) is 75.7 Å². The lowest BCUT2D eigenvalue weighted by Crippen LogP contribution is -2.55. The molecule has 2 aliphatic carbocycles. The lowest BCUT2D eigenvalue weighted by Gasteiger charge is -2.31. The molecule has 1 aromatic heterocycles. The van der Waals surface area contributed by atoms with E-state index in [4.69, 9.17) is 4.74 Å². The summed E-state index contributed by atoms with van der Waals surface area (Å²) in [7, 11) is 0. The van der Waals surface area contributed by atoms with Gasteiger partial charge in [-0.05, 0) is 71.4 Å². The van der Waals surface area contributed by atoms with Crippen LogP contribution < -0.4 is 10.6 Å². The molecule has 8 nitrogen and oxygen atoms in total. The van der Waals surface area contributed by atoms with Gasteiger partial charge < -0.3 is 15.4 Å². The lowest BCUT2D eigenvalue weighted by atomic mass is 9.95. The minimum absolute atomic E-state index is 0.162. The molecule has 0 radical (unpaired) electrons. The fourth-order valence-electron chi connectivity index (χ4n) is 3.68. The highest BCUT2D eigenvalue weighted by Crippen LogP contribution is 2.41. The Morgan fingerprint density at radius 2 is 1.77 bits per heavy atom. The molecule has 0 aliphatic heterocycles. The third-order valence-electron chi connectivity index (χ3n) is 5.65. The van der Waals surface area contributed by atoms with Crippen LogP contribution >= 0.6 is 0 Å². The number of nitrogens with one attached hydrogen (secondary N) is 2. The summed E-state index contributed by atoms with van der Waals surface area (Å²) in [5, 5.41) is 10.4. The topological polar surface area (TPSA) is 98.1 Å². The van der Waals surface area contributed by atoms with Crippen LogP contribution in [0.15, 0.2) is 30.3 Å². The van der Waals surface area contributed by atoms with Crippen molar-refractivity contribution in [3.8, 4) is 5.69 Å². The zero-order valence-corrected chi connectivity index (χ0v) is 18.6. The van der Waals surface area contributed by atoms with E-state index in [1.807, 2.05) is 58.0 Å². The van der Waals surface area contributed by atoms with Crippen LogP contribution in [0.2, 0.25) is 0 Å². The summed E-state index contributed by atoms with van der Waals surface area (Å²) in [5.74, 6) is 1.31. The van der Waals surface area contributed by atoms with Gasteiger partial charge in [-0.1, -0.05) is 18.2 Å². The van der Waals surface area contributed by atoms with Gasteiger partial charge in [0.2, 0.25) is 5.82 Å². The number of carbonyl (C=O) groups excluding carboxylic acids is 2. The van der Waals surface area contributed by atoms with Crippen molar-refractivity contribution in [2.75, 3.05) is 6.54 Å². The number of rotatable bonds is 7. The number of carbonyl (C=O) groups is 2. The van der Waals surface area contributed by atoms with Crippen molar-refractivity contribution in [2.24, 2.45) is 5.92 Å². The first-order valence-electron chi connectivity index (χ1n) is 11.0. The molecule has 1 heterocycles. The summed E-state index contributed by atoms with van der Waals surface area (Å²) in [6, 6.07) is 9.76. The molecule has 0 saturated heterocycles. The molecule has 1 aromatic carbocycles. The van der Waals surface area contributed by atoms with Gasteiger partial charge in [-0.2, -0.15) is 0 Å². The highest BCUT2D eigenvalue weighted by molar-refractivity contribution is 5.91. The van der Waals surface area contributed by atoms with Crippen LogP contribution in [0.5, 0.6) is 0 Å². The second-order valence-electron chi connectivity index (χ2n) is 9.82. The van der Waals surface area contributed by atoms with Crippen LogP contribution in [-0.4, -0.2) is 44.4 Å². The van der Waals surface area contributed by atoms with Gasteiger partial charge in [0, 0.05) is 12.5 Å². The van der Waals surface area contributed by atoms with E-state index in [9.17, 15) is 9.59 Å². The van der Waals surface area contributed by atoms with Crippen molar-refractivity contribution in [2.45, 2.75) is 70.4 Å². The SMILES string of the molecule is CC(C)(C)OC(=O)NCC(C)(NC(=O)c1nc(C2CC2)n(-c2ccccc2)n1)C1CC1. The molecule has 2 saturated carbocycles. The number of hydrogen-bond acceptors (Lipinski definition) is 5. The Morgan fingerprint density at radius 1 is 1.10 bits per heavy atom. The molecule has 0 bridgehead atoms. The predicted molar refractivity (Wildman–Crippen MR) is 116 cm³/mol. The summed E-state index contributed by atoms with van der Waals surface area (Å²) in [4.78, 5) is 29.8. The maximum absolute atomic E-state index is 13.1. The molecule has 31 heavy (non-hydrogen) atoms. The first-order chi connectivity index (χ1) is 14.6. The summed E-state index contributed by atoms with van der Waals surface area (Å²) in [6.07, 6.45) is 3.65. The van der Waals surface area contributed by atoms with E-state index < -0.39 is 17.2 Å². The van der Waals surface area contributed by atoms with E-state index >= 15 is 0 Å². The van der Waals surface area contributed by atoms with E-state index in [1.54, 1.807) is 4.68 Å². The van der Waals surface area contributed by atoms with Crippen LogP contribution in [0.4, 0.5) is 4.79 Å². The number of alkyl carbamates (subject to hydrolysis) is 1. The molecule has 2 aromatic rings. The number of aromatic nitrogens is 3. The van der Waals surface area contributed by atoms with Gasteiger partial charge in [0.25, 0.3) is 5.91 Å². The molecule has 2 amide bonds. The second-order valence-corrected chi connectivity index (χ2v) is 9.82. The van der Waals surface area contributed by atoms with Gasteiger partial charge in [0.1, 0.15) is 11.4 Å². The highest BCUT2D eigenvalue weighted by atomic mass is 16.6. The summed E-state index contributed by atoms with van der Waals surface area (Å²) >= 11 is 0. The van der Waals surface area contributed by atoms with Gasteiger partial charge in [-0.25, -0.2) is 14.5 Å². The zero-order valence-electron chi connectivity index (χ0n) is 18.6. The van der Waals surface area contributed by atoms with E-state index in [-0.39, 0.29) is 18.3 Å².